The standard InChI is InChI=1S/C24H33N5O2S/c1-16-12-17(2)14-18(13-16)22(30)28-20(5-11-32-3)23(31)29-9-6-24(7-10-29)21-19(4-8-27-24)25-15-26-21/h12-15,20,27H,4-11H2,1-3H3,(H,25,26)(H,28,30). The van der Waals surface area contributed by atoms with Crippen molar-refractivity contribution >= 4 is 23.6 Å². The lowest BCUT2D eigenvalue weighted by Gasteiger charge is -2.44. The van der Waals surface area contributed by atoms with Crippen molar-refractivity contribution in [3.63, 3.8) is 0 Å². The minimum absolute atomic E-state index is 0.0182. The number of amides is 2. The molecule has 2 aromatic rings. The van der Waals surface area contributed by atoms with Crippen molar-refractivity contribution in [3.8, 4) is 0 Å². The van der Waals surface area contributed by atoms with Gasteiger partial charge in [0.1, 0.15) is 6.04 Å². The summed E-state index contributed by atoms with van der Waals surface area (Å²) in [4.78, 5) is 36.2. The number of imidazole rings is 1. The van der Waals surface area contributed by atoms with Crippen molar-refractivity contribution in [3.05, 3.63) is 52.6 Å². The number of aryl methyl sites for hydroxylation is 2. The molecule has 1 spiro atoms. The quantitative estimate of drug-likeness (QED) is 0.623. The van der Waals surface area contributed by atoms with Gasteiger partial charge in [0.05, 0.1) is 17.6 Å². The molecule has 1 fully saturated rings. The fourth-order valence-electron chi connectivity index (χ4n) is 5.02. The van der Waals surface area contributed by atoms with Crippen LogP contribution in [0.2, 0.25) is 0 Å². The zero-order valence-corrected chi connectivity index (χ0v) is 20.0. The molecule has 2 aliphatic rings. The van der Waals surface area contributed by atoms with E-state index in [9.17, 15) is 9.59 Å². The fraction of sp³-hybridized carbons (Fsp3) is 0.542. The lowest BCUT2D eigenvalue weighted by molar-refractivity contribution is -0.135. The van der Waals surface area contributed by atoms with Gasteiger partial charge < -0.3 is 20.5 Å². The molecular weight excluding hydrogens is 422 g/mol. The van der Waals surface area contributed by atoms with Gasteiger partial charge in [-0.2, -0.15) is 11.8 Å². The number of thioether (sulfide) groups is 1. The average molecular weight is 456 g/mol. The van der Waals surface area contributed by atoms with Crippen LogP contribution in [-0.2, 0) is 16.8 Å². The molecule has 172 valence electrons. The molecule has 8 heteroatoms. The Balaban J connectivity index is 1.44. The van der Waals surface area contributed by atoms with Crippen LogP contribution in [0.3, 0.4) is 0 Å². The van der Waals surface area contributed by atoms with Gasteiger partial charge in [-0.15, -0.1) is 0 Å². The monoisotopic (exact) mass is 455 g/mol. The van der Waals surface area contributed by atoms with E-state index in [2.05, 4.69) is 20.6 Å². The first-order valence-corrected chi connectivity index (χ1v) is 12.8. The number of hydrogen-bond donors (Lipinski definition) is 3. The van der Waals surface area contributed by atoms with E-state index >= 15 is 0 Å². The highest BCUT2D eigenvalue weighted by atomic mass is 32.2. The summed E-state index contributed by atoms with van der Waals surface area (Å²) >= 11 is 1.69. The second kappa shape index (κ2) is 9.67. The molecule has 3 N–H and O–H groups in total. The molecule has 1 aromatic heterocycles. The van der Waals surface area contributed by atoms with E-state index in [1.807, 2.05) is 43.2 Å². The van der Waals surface area contributed by atoms with E-state index < -0.39 is 6.04 Å². The minimum atomic E-state index is -0.509. The summed E-state index contributed by atoms with van der Waals surface area (Å²) in [6.07, 6.45) is 7.04. The number of H-pyrrole nitrogens is 1. The first-order chi connectivity index (χ1) is 15.4. The lowest BCUT2D eigenvalue weighted by atomic mass is 9.80. The molecule has 1 unspecified atom stereocenters. The van der Waals surface area contributed by atoms with Crippen LogP contribution >= 0.6 is 11.8 Å². The number of hydrogen-bond acceptors (Lipinski definition) is 5. The highest BCUT2D eigenvalue weighted by Crippen LogP contribution is 2.36. The fourth-order valence-corrected chi connectivity index (χ4v) is 5.49. The van der Waals surface area contributed by atoms with Crippen LogP contribution in [0.4, 0.5) is 0 Å². The largest absolute Gasteiger partial charge is 0.348 e. The van der Waals surface area contributed by atoms with Crippen molar-refractivity contribution in [2.45, 2.75) is 51.1 Å². The molecule has 4 rings (SSSR count). The maximum atomic E-state index is 13.4. The van der Waals surface area contributed by atoms with Crippen LogP contribution in [-0.4, -0.2) is 64.4 Å². The molecule has 2 amide bonds. The van der Waals surface area contributed by atoms with E-state index in [1.165, 1.54) is 5.69 Å². The van der Waals surface area contributed by atoms with Crippen LogP contribution < -0.4 is 10.6 Å². The average Bonchev–Trinajstić information content (AvgIpc) is 3.26. The molecule has 0 aliphatic carbocycles. The second-order valence-corrected chi connectivity index (χ2v) is 9.98. The number of aromatic amines is 1. The first kappa shape index (κ1) is 22.9. The molecule has 1 saturated heterocycles. The van der Waals surface area contributed by atoms with Gasteiger partial charge >= 0.3 is 0 Å². The summed E-state index contributed by atoms with van der Waals surface area (Å²) in [5, 5.41) is 6.70. The van der Waals surface area contributed by atoms with Crippen molar-refractivity contribution in [2.24, 2.45) is 0 Å². The number of piperidine rings is 1. The Morgan fingerprint density at radius 3 is 2.62 bits per heavy atom. The third kappa shape index (κ3) is 4.71. The Morgan fingerprint density at radius 1 is 1.22 bits per heavy atom. The number of aromatic nitrogens is 2. The molecule has 2 aliphatic heterocycles. The highest BCUT2D eigenvalue weighted by Gasteiger charge is 2.42. The summed E-state index contributed by atoms with van der Waals surface area (Å²) in [5.41, 5.74) is 4.86. The number of carbonyl (C=O) groups is 2. The van der Waals surface area contributed by atoms with Crippen LogP contribution in [0.1, 0.15) is 52.1 Å². The Bertz CT molecular complexity index is 960. The van der Waals surface area contributed by atoms with Crippen molar-refractivity contribution < 1.29 is 9.59 Å². The molecule has 3 heterocycles. The van der Waals surface area contributed by atoms with E-state index in [0.717, 1.165) is 48.4 Å². The SMILES string of the molecule is CSCCC(NC(=O)c1cc(C)cc(C)c1)C(=O)N1CCC2(CC1)NCCc1[nH]cnc12. The summed E-state index contributed by atoms with van der Waals surface area (Å²) < 4.78 is 0. The summed E-state index contributed by atoms with van der Waals surface area (Å²) in [6, 6.07) is 5.28. The Hall–Kier alpha value is -2.32. The Labute approximate surface area is 194 Å². The molecule has 0 saturated carbocycles. The van der Waals surface area contributed by atoms with E-state index in [1.54, 1.807) is 18.1 Å². The zero-order chi connectivity index (χ0) is 22.7. The van der Waals surface area contributed by atoms with Gasteiger partial charge in [-0.25, -0.2) is 4.98 Å². The van der Waals surface area contributed by atoms with Crippen LogP contribution in [0.15, 0.2) is 24.5 Å². The van der Waals surface area contributed by atoms with Gasteiger partial charge in [0, 0.05) is 37.3 Å². The van der Waals surface area contributed by atoms with Gasteiger partial charge in [0.25, 0.3) is 5.91 Å². The number of likely N-dealkylation sites (tertiary alicyclic amines) is 1. The molecular formula is C24H33N5O2S. The van der Waals surface area contributed by atoms with Gasteiger partial charge in [0.2, 0.25) is 5.91 Å². The molecule has 7 nitrogen and oxygen atoms in total. The van der Waals surface area contributed by atoms with Gasteiger partial charge in [-0.3, -0.25) is 9.59 Å². The number of rotatable bonds is 6. The summed E-state index contributed by atoms with van der Waals surface area (Å²) in [5.74, 6) is 0.656. The lowest BCUT2D eigenvalue weighted by Crippen LogP contribution is -2.57. The predicted octanol–water partition coefficient (Wildman–Crippen LogP) is 2.54. The first-order valence-electron chi connectivity index (χ1n) is 11.4. The molecule has 0 bridgehead atoms. The number of nitrogens with one attached hydrogen (secondary N) is 3. The van der Waals surface area contributed by atoms with Crippen molar-refractivity contribution in [1.82, 2.24) is 25.5 Å². The van der Waals surface area contributed by atoms with Crippen molar-refractivity contribution in [1.29, 1.82) is 0 Å². The maximum Gasteiger partial charge on any atom is 0.251 e. The highest BCUT2D eigenvalue weighted by molar-refractivity contribution is 7.98. The number of fused-ring (bicyclic) bond motifs is 2. The third-order valence-electron chi connectivity index (χ3n) is 6.64. The van der Waals surface area contributed by atoms with Crippen LogP contribution in [0.25, 0.3) is 0 Å². The van der Waals surface area contributed by atoms with Crippen molar-refractivity contribution in [2.75, 3.05) is 31.6 Å². The minimum Gasteiger partial charge on any atom is -0.348 e. The summed E-state index contributed by atoms with van der Waals surface area (Å²) in [7, 11) is 0. The van der Waals surface area contributed by atoms with Gasteiger partial charge in [-0.05, 0) is 57.3 Å². The zero-order valence-electron chi connectivity index (χ0n) is 19.2. The van der Waals surface area contributed by atoms with E-state index in [4.69, 9.17) is 0 Å². The Morgan fingerprint density at radius 2 is 1.94 bits per heavy atom. The number of nitrogens with zero attached hydrogens (tertiary/aromatic N) is 2. The predicted molar refractivity (Wildman–Crippen MR) is 128 cm³/mol. The topological polar surface area (TPSA) is 90.1 Å². The van der Waals surface area contributed by atoms with E-state index in [0.29, 0.717) is 25.1 Å². The smallest absolute Gasteiger partial charge is 0.251 e. The molecule has 0 radical (unpaired) electrons. The second-order valence-electron chi connectivity index (χ2n) is 9.00. The molecule has 1 aromatic carbocycles. The molecule has 32 heavy (non-hydrogen) atoms. The normalized spacial score (nSPS) is 18.3. The van der Waals surface area contributed by atoms with Crippen LogP contribution in [0, 0.1) is 13.8 Å². The van der Waals surface area contributed by atoms with E-state index in [-0.39, 0.29) is 17.4 Å². The maximum absolute atomic E-state index is 13.4. The number of benzene rings is 1. The van der Waals surface area contributed by atoms with Gasteiger partial charge in [-0.1, -0.05) is 17.2 Å². The van der Waals surface area contributed by atoms with Gasteiger partial charge in [0.15, 0.2) is 0 Å². The number of carbonyl (C=O) groups excluding carboxylic acids is 2. The Kier molecular flexibility index (Phi) is 6.90. The third-order valence-corrected chi connectivity index (χ3v) is 7.28. The summed E-state index contributed by atoms with van der Waals surface area (Å²) in [6.45, 7) is 6.20. The molecule has 1 atom stereocenters. The van der Waals surface area contributed by atoms with Crippen LogP contribution in [0.5, 0.6) is 0 Å².